The first-order chi connectivity index (χ1) is 11.5. The smallest absolute Gasteiger partial charge is 0.267 e. The normalized spacial score (nSPS) is 15.5. The van der Waals surface area contributed by atoms with Crippen molar-refractivity contribution in [1.29, 1.82) is 0 Å². The van der Waals surface area contributed by atoms with Gasteiger partial charge in [-0.2, -0.15) is 0 Å². The van der Waals surface area contributed by atoms with Crippen LogP contribution in [-0.4, -0.2) is 44.2 Å². The predicted octanol–water partition coefficient (Wildman–Crippen LogP) is 1.54. The summed E-state index contributed by atoms with van der Waals surface area (Å²) in [7, 11) is 1.74. The number of amides is 1. The summed E-state index contributed by atoms with van der Waals surface area (Å²) in [6.07, 6.45) is 1.50. The summed E-state index contributed by atoms with van der Waals surface area (Å²) in [6.45, 7) is 4.93. The molecule has 0 bridgehead atoms. The molecule has 0 spiro atoms. The molecular formula is C16H20N4O3S. The first kappa shape index (κ1) is 16.6. The van der Waals surface area contributed by atoms with E-state index in [1.807, 2.05) is 17.9 Å². The average molecular weight is 348 g/mol. The van der Waals surface area contributed by atoms with Crippen LogP contribution < -0.4 is 10.3 Å². The Morgan fingerprint density at radius 3 is 2.58 bits per heavy atom. The fourth-order valence-electron chi connectivity index (χ4n) is 2.75. The fraction of sp³-hybridized carbons (Fsp3) is 0.500. The minimum atomic E-state index is -0.0780. The first-order valence-electron chi connectivity index (χ1n) is 7.88. The van der Waals surface area contributed by atoms with E-state index in [1.165, 1.54) is 6.07 Å². The number of carbonyl (C=O) groups is 1. The summed E-state index contributed by atoms with van der Waals surface area (Å²) in [6, 6.07) is 3.38. The number of carbonyl (C=O) groups excluding carboxylic acids is 1. The zero-order valence-corrected chi connectivity index (χ0v) is 14.8. The molecule has 0 atom stereocenters. The van der Waals surface area contributed by atoms with Crippen molar-refractivity contribution in [2.75, 3.05) is 13.1 Å². The van der Waals surface area contributed by atoms with Gasteiger partial charge in [0.1, 0.15) is 16.7 Å². The number of pyridine rings is 1. The van der Waals surface area contributed by atoms with Gasteiger partial charge in [0.15, 0.2) is 0 Å². The lowest BCUT2D eigenvalue weighted by Gasteiger charge is -2.32. The Labute approximate surface area is 144 Å². The average Bonchev–Trinajstić information content (AvgIpc) is 2.98. The van der Waals surface area contributed by atoms with Gasteiger partial charge in [0.25, 0.3) is 11.5 Å². The minimum absolute atomic E-state index is 0.00891. The van der Waals surface area contributed by atoms with Crippen molar-refractivity contribution < 1.29 is 9.53 Å². The van der Waals surface area contributed by atoms with E-state index >= 15 is 0 Å². The first-order valence-corrected chi connectivity index (χ1v) is 8.65. The number of rotatable bonds is 3. The van der Waals surface area contributed by atoms with Gasteiger partial charge in [0.2, 0.25) is 0 Å². The second-order valence-electron chi connectivity index (χ2n) is 6.03. The lowest BCUT2D eigenvalue weighted by molar-refractivity contribution is 0.0598. The number of aromatic nitrogens is 3. The molecule has 24 heavy (non-hydrogen) atoms. The van der Waals surface area contributed by atoms with Gasteiger partial charge in [-0.05, 0) is 31.4 Å². The summed E-state index contributed by atoms with van der Waals surface area (Å²) in [5.74, 6) is 0.591. The van der Waals surface area contributed by atoms with Gasteiger partial charge in [0.05, 0.1) is 5.69 Å². The molecule has 0 saturated carbocycles. The highest BCUT2D eigenvalue weighted by Crippen LogP contribution is 2.21. The molecule has 1 amide bonds. The van der Waals surface area contributed by atoms with Crippen molar-refractivity contribution in [3.8, 4) is 5.75 Å². The van der Waals surface area contributed by atoms with Crippen molar-refractivity contribution in [2.24, 2.45) is 7.05 Å². The maximum Gasteiger partial charge on any atom is 0.267 e. The van der Waals surface area contributed by atoms with E-state index in [9.17, 15) is 9.59 Å². The van der Waals surface area contributed by atoms with Gasteiger partial charge in [-0.25, -0.2) is 0 Å². The number of piperidine rings is 1. The number of hydrogen-bond acceptors (Lipinski definition) is 6. The van der Waals surface area contributed by atoms with E-state index in [2.05, 4.69) is 9.59 Å². The second kappa shape index (κ2) is 6.72. The lowest BCUT2D eigenvalue weighted by atomic mass is 10.1. The molecule has 3 heterocycles. The van der Waals surface area contributed by atoms with Crippen LogP contribution in [-0.2, 0) is 7.05 Å². The number of aryl methyl sites for hydroxylation is 2. The van der Waals surface area contributed by atoms with Crippen molar-refractivity contribution in [3.05, 3.63) is 38.8 Å². The molecule has 2 aromatic rings. The number of nitrogens with zero attached hydrogens (tertiary/aromatic N) is 4. The molecule has 0 N–H and O–H groups in total. The highest BCUT2D eigenvalue weighted by atomic mass is 32.1. The van der Waals surface area contributed by atoms with E-state index in [1.54, 1.807) is 18.5 Å². The molecule has 1 aliphatic heterocycles. The van der Waals surface area contributed by atoms with Crippen LogP contribution >= 0.6 is 11.5 Å². The Bertz CT molecular complexity index is 806. The third kappa shape index (κ3) is 3.33. The van der Waals surface area contributed by atoms with E-state index in [0.29, 0.717) is 29.4 Å². The third-order valence-corrected chi connectivity index (χ3v) is 5.17. The van der Waals surface area contributed by atoms with Gasteiger partial charge in [-0.3, -0.25) is 9.59 Å². The quantitative estimate of drug-likeness (QED) is 0.841. The Morgan fingerprint density at radius 2 is 2.00 bits per heavy atom. The molecule has 2 aromatic heterocycles. The summed E-state index contributed by atoms with van der Waals surface area (Å²) in [5, 5.41) is 3.89. The minimum Gasteiger partial charge on any atom is -0.490 e. The molecule has 0 aromatic carbocycles. The van der Waals surface area contributed by atoms with Gasteiger partial charge >= 0.3 is 0 Å². The van der Waals surface area contributed by atoms with Crippen molar-refractivity contribution in [2.45, 2.75) is 32.8 Å². The summed E-state index contributed by atoms with van der Waals surface area (Å²) >= 11 is 1.14. The van der Waals surface area contributed by atoms with E-state index in [4.69, 9.17) is 4.74 Å². The molecule has 1 fully saturated rings. The SMILES string of the molecule is Cc1nnsc1C(=O)N1CCC(Oc2cc(C)n(C)c(=O)c2)CC1. The molecule has 0 radical (unpaired) electrons. The molecule has 128 valence electrons. The molecule has 1 saturated heterocycles. The molecule has 7 nitrogen and oxygen atoms in total. The van der Waals surface area contributed by atoms with Crippen molar-refractivity contribution in [3.63, 3.8) is 0 Å². The summed E-state index contributed by atoms with van der Waals surface area (Å²) in [5.41, 5.74) is 1.46. The van der Waals surface area contributed by atoms with Crippen LogP contribution in [0.1, 0.15) is 33.9 Å². The van der Waals surface area contributed by atoms with Crippen LogP contribution in [0.25, 0.3) is 0 Å². The second-order valence-corrected chi connectivity index (χ2v) is 6.78. The van der Waals surface area contributed by atoms with Crippen molar-refractivity contribution in [1.82, 2.24) is 19.1 Å². The fourth-order valence-corrected chi connectivity index (χ4v) is 3.37. The maximum atomic E-state index is 12.4. The molecule has 0 aliphatic carbocycles. The van der Waals surface area contributed by atoms with Gasteiger partial charge in [-0.15, -0.1) is 5.10 Å². The Balaban J connectivity index is 1.60. The van der Waals surface area contributed by atoms with Gasteiger partial charge in [0, 0.05) is 44.7 Å². The number of ether oxygens (including phenoxy) is 1. The van der Waals surface area contributed by atoms with Crippen LogP contribution in [0.15, 0.2) is 16.9 Å². The number of likely N-dealkylation sites (tertiary alicyclic amines) is 1. The number of hydrogen-bond donors (Lipinski definition) is 0. The van der Waals surface area contributed by atoms with Crippen LogP contribution in [0.4, 0.5) is 0 Å². The molecular weight excluding hydrogens is 328 g/mol. The topological polar surface area (TPSA) is 77.3 Å². The van der Waals surface area contributed by atoms with Crippen LogP contribution in [0.2, 0.25) is 0 Å². The Morgan fingerprint density at radius 1 is 1.29 bits per heavy atom. The van der Waals surface area contributed by atoms with Crippen LogP contribution in [0, 0.1) is 13.8 Å². The Hall–Kier alpha value is -2.22. The summed E-state index contributed by atoms with van der Waals surface area (Å²) in [4.78, 5) is 26.7. The van der Waals surface area contributed by atoms with E-state index < -0.39 is 0 Å². The zero-order valence-electron chi connectivity index (χ0n) is 14.0. The zero-order chi connectivity index (χ0) is 17.3. The summed E-state index contributed by atoms with van der Waals surface area (Å²) < 4.78 is 11.3. The predicted molar refractivity (Wildman–Crippen MR) is 90.6 cm³/mol. The maximum absolute atomic E-state index is 12.4. The molecule has 8 heteroatoms. The van der Waals surface area contributed by atoms with E-state index in [-0.39, 0.29) is 17.6 Å². The van der Waals surface area contributed by atoms with Crippen LogP contribution in [0.3, 0.4) is 0 Å². The standard InChI is InChI=1S/C16H20N4O3S/c1-10-8-13(9-14(21)19(10)3)23-12-4-6-20(7-5-12)16(22)15-11(2)17-18-24-15/h8-9,12H,4-7H2,1-3H3. The van der Waals surface area contributed by atoms with E-state index in [0.717, 1.165) is 30.1 Å². The van der Waals surface area contributed by atoms with Gasteiger partial charge < -0.3 is 14.2 Å². The Kier molecular flexibility index (Phi) is 4.66. The molecule has 0 unspecified atom stereocenters. The highest BCUT2D eigenvalue weighted by Gasteiger charge is 2.27. The molecule has 1 aliphatic rings. The monoisotopic (exact) mass is 348 g/mol. The third-order valence-electron chi connectivity index (χ3n) is 4.35. The largest absolute Gasteiger partial charge is 0.490 e. The van der Waals surface area contributed by atoms with Gasteiger partial charge in [-0.1, -0.05) is 4.49 Å². The van der Waals surface area contributed by atoms with Crippen LogP contribution in [0.5, 0.6) is 5.75 Å². The highest BCUT2D eigenvalue weighted by molar-refractivity contribution is 7.07. The lowest BCUT2D eigenvalue weighted by Crippen LogP contribution is -2.41. The molecule has 3 rings (SSSR count). The van der Waals surface area contributed by atoms with Crippen molar-refractivity contribution >= 4 is 17.4 Å².